The van der Waals surface area contributed by atoms with Crippen molar-refractivity contribution in [2.24, 2.45) is 0 Å². The highest BCUT2D eigenvalue weighted by atomic mass is 32.1. The SMILES string of the molecule is Cc1cc(C)c2sc(N3CCN(C(=O)NC4CCCC4)CC3)nc2c1. The van der Waals surface area contributed by atoms with E-state index in [-0.39, 0.29) is 6.03 Å². The zero-order chi connectivity index (χ0) is 17.4. The smallest absolute Gasteiger partial charge is 0.317 e. The van der Waals surface area contributed by atoms with Crippen LogP contribution >= 0.6 is 11.3 Å². The highest BCUT2D eigenvalue weighted by Gasteiger charge is 2.25. The van der Waals surface area contributed by atoms with E-state index in [1.165, 1.54) is 28.7 Å². The van der Waals surface area contributed by atoms with E-state index in [0.29, 0.717) is 6.04 Å². The van der Waals surface area contributed by atoms with Gasteiger partial charge in [0, 0.05) is 32.2 Å². The number of hydrogen-bond donors (Lipinski definition) is 1. The molecule has 2 fully saturated rings. The van der Waals surface area contributed by atoms with Gasteiger partial charge in [0.25, 0.3) is 0 Å². The third kappa shape index (κ3) is 3.45. The lowest BCUT2D eigenvalue weighted by Gasteiger charge is -2.35. The van der Waals surface area contributed by atoms with Gasteiger partial charge in [-0.15, -0.1) is 0 Å². The standard InChI is InChI=1S/C19H26N4OS/c1-13-11-14(2)17-16(12-13)21-19(25-17)23-9-7-22(8-10-23)18(24)20-15-5-3-4-6-15/h11-12,15H,3-10H2,1-2H3,(H,20,24). The molecule has 1 aliphatic carbocycles. The zero-order valence-corrected chi connectivity index (χ0v) is 15.9. The predicted octanol–water partition coefficient (Wildman–Crippen LogP) is 3.69. The van der Waals surface area contributed by atoms with Gasteiger partial charge in [-0.1, -0.05) is 30.2 Å². The molecule has 2 amide bonds. The molecule has 2 heterocycles. The summed E-state index contributed by atoms with van der Waals surface area (Å²) in [6, 6.07) is 4.88. The molecule has 1 N–H and O–H groups in total. The Morgan fingerprint density at radius 3 is 2.60 bits per heavy atom. The molecular formula is C19H26N4OS. The number of hydrogen-bond acceptors (Lipinski definition) is 4. The van der Waals surface area contributed by atoms with Gasteiger partial charge >= 0.3 is 6.03 Å². The molecule has 2 aliphatic rings. The molecule has 0 spiro atoms. The first-order chi connectivity index (χ1) is 12.1. The quantitative estimate of drug-likeness (QED) is 0.891. The molecule has 0 atom stereocenters. The number of benzene rings is 1. The maximum Gasteiger partial charge on any atom is 0.317 e. The Kier molecular flexibility index (Phi) is 4.54. The average Bonchev–Trinajstić information content (AvgIpc) is 3.24. The highest BCUT2D eigenvalue weighted by molar-refractivity contribution is 7.22. The first-order valence-corrected chi connectivity index (χ1v) is 10.1. The van der Waals surface area contributed by atoms with Crippen molar-refractivity contribution < 1.29 is 4.79 Å². The van der Waals surface area contributed by atoms with Crippen LogP contribution in [0.5, 0.6) is 0 Å². The van der Waals surface area contributed by atoms with E-state index in [2.05, 4.69) is 36.2 Å². The summed E-state index contributed by atoms with van der Waals surface area (Å²) in [5.41, 5.74) is 3.66. The average molecular weight is 359 g/mol. The second-order valence-electron chi connectivity index (χ2n) is 7.33. The summed E-state index contributed by atoms with van der Waals surface area (Å²) in [5.74, 6) is 0. The monoisotopic (exact) mass is 358 g/mol. The summed E-state index contributed by atoms with van der Waals surface area (Å²) < 4.78 is 1.28. The number of anilines is 1. The molecule has 6 heteroatoms. The molecule has 2 aromatic rings. The van der Waals surface area contributed by atoms with Crippen LogP contribution in [0.15, 0.2) is 12.1 Å². The van der Waals surface area contributed by atoms with Gasteiger partial charge in [-0.2, -0.15) is 0 Å². The molecule has 25 heavy (non-hydrogen) atoms. The number of urea groups is 1. The van der Waals surface area contributed by atoms with Gasteiger partial charge in [0.2, 0.25) is 0 Å². The van der Waals surface area contributed by atoms with Crippen LogP contribution in [0.25, 0.3) is 10.2 Å². The number of fused-ring (bicyclic) bond motifs is 1. The lowest BCUT2D eigenvalue weighted by molar-refractivity contribution is 0.190. The van der Waals surface area contributed by atoms with Gasteiger partial charge in [-0.25, -0.2) is 9.78 Å². The van der Waals surface area contributed by atoms with E-state index in [4.69, 9.17) is 4.98 Å². The van der Waals surface area contributed by atoms with Crippen molar-refractivity contribution in [3.8, 4) is 0 Å². The third-order valence-electron chi connectivity index (χ3n) is 5.33. The molecule has 0 radical (unpaired) electrons. The fraction of sp³-hybridized carbons (Fsp3) is 0.579. The number of carbonyl (C=O) groups is 1. The number of rotatable bonds is 2. The summed E-state index contributed by atoms with van der Waals surface area (Å²) in [6.45, 7) is 7.53. The van der Waals surface area contributed by atoms with E-state index in [9.17, 15) is 4.79 Å². The van der Waals surface area contributed by atoms with Crippen molar-refractivity contribution in [1.82, 2.24) is 15.2 Å². The summed E-state index contributed by atoms with van der Waals surface area (Å²) in [6.07, 6.45) is 4.76. The van der Waals surface area contributed by atoms with E-state index in [0.717, 1.165) is 49.7 Å². The minimum absolute atomic E-state index is 0.113. The Labute approximate surface area is 153 Å². The molecule has 0 bridgehead atoms. The Balaban J connectivity index is 1.40. The summed E-state index contributed by atoms with van der Waals surface area (Å²) in [5, 5.41) is 4.28. The number of aromatic nitrogens is 1. The number of amides is 2. The largest absolute Gasteiger partial charge is 0.345 e. The predicted molar refractivity (Wildman–Crippen MR) is 104 cm³/mol. The Morgan fingerprint density at radius 2 is 1.88 bits per heavy atom. The fourth-order valence-electron chi connectivity index (χ4n) is 3.94. The summed E-state index contributed by atoms with van der Waals surface area (Å²) in [7, 11) is 0. The fourth-order valence-corrected chi connectivity index (χ4v) is 5.00. The molecule has 1 saturated heterocycles. The molecule has 1 aromatic heterocycles. The molecule has 0 unspecified atom stereocenters. The number of carbonyl (C=O) groups excluding carboxylic acids is 1. The Bertz CT molecular complexity index is 773. The van der Waals surface area contributed by atoms with Gasteiger partial charge in [-0.3, -0.25) is 0 Å². The lowest BCUT2D eigenvalue weighted by atomic mass is 10.1. The molecule has 1 aromatic carbocycles. The van der Waals surface area contributed by atoms with Crippen LogP contribution in [0.1, 0.15) is 36.8 Å². The van der Waals surface area contributed by atoms with Gasteiger partial charge in [0.1, 0.15) is 0 Å². The molecule has 1 aliphatic heterocycles. The van der Waals surface area contributed by atoms with Gasteiger partial charge in [0.05, 0.1) is 10.2 Å². The van der Waals surface area contributed by atoms with Crippen molar-refractivity contribution in [3.05, 3.63) is 23.3 Å². The van der Waals surface area contributed by atoms with Crippen LogP contribution in [-0.2, 0) is 0 Å². The van der Waals surface area contributed by atoms with Gasteiger partial charge in [0.15, 0.2) is 5.13 Å². The van der Waals surface area contributed by atoms with Crippen molar-refractivity contribution in [2.45, 2.75) is 45.6 Å². The molecule has 5 nitrogen and oxygen atoms in total. The van der Waals surface area contributed by atoms with E-state index in [1.807, 2.05) is 4.90 Å². The van der Waals surface area contributed by atoms with E-state index in [1.54, 1.807) is 11.3 Å². The van der Waals surface area contributed by atoms with Gasteiger partial charge < -0.3 is 15.1 Å². The van der Waals surface area contributed by atoms with Crippen molar-refractivity contribution in [3.63, 3.8) is 0 Å². The topological polar surface area (TPSA) is 48.5 Å². The minimum Gasteiger partial charge on any atom is -0.345 e. The summed E-state index contributed by atoms with van der Waals surface area (Å²) in [4.78, 5) is 21.5. The normalized spacial score (nSPS) is 19.0. The van der Waals surface area contributed by atoms with Crippen LogP contribution in [0.4, 0.5) is 9.93 Å². The maximum absolute atomic E-state index is 12.4. The number of nitrogens with one attached hydrogen (secondary N) is 1. The van der Waals surface area contributed by atoms with Gasteiger partial charge in [-0.05, 0) is 43.9 Å². The van der Waals surface area contributed by atoms with Crippen LogP contribution < -0.4 is 10.2 Å². The number of thiazole rings is 1. The maximum atomic E-state index is 12.4. The second-order valence-corrected chi connectivity index (χ2v) is 8.31. The van der Waals surface area contributed by atoms with E-state index < -0.39 is 0 Å². The first-order valence-electron chi connectivity index (χ1n) is 9.28. The van der Waals surface area contributed by atoms with Crippen LogP contribution in [0, 0.1) is 13.8 Å². The number of piperazine rings is 1. The molecular weight excluding hydrogens is 332 g/mol. The summed E-state index contributed by atoms with van der Waals surface area (Å²) >= 11 is 1.77. The Hall–Kier alpha value is -1.82. The highest BCUT2D eigenvalue weighted by Crippen LogP contribution is 2.32. The number of nitrogens with zero attached hydrogens (tertiary/aromatic N) is 3. The Morgan fingerprint density at radius 1 is 1.16 bits per heavy atom. The lowest BCUT2D eigenvalue weighted by Crippen LogP contribution is -2.53. The molecule has 1 saturated carbocycles. The third-order valence-corrected chi connectivity index (χ3v) is 6.60. The van der Waals surface area contributed by atoms with Crippen LogP contribution in [-0.4, -0.2) is 48.1 Å². The molecule has 134 valence electrons. The van der Waals surface area contributed by atoms with Crippen molar-refractivity contribution in [2.75, 3.05) is 31.1 Å². The van der Waals surface area contributed by atoms with Crippen LogP contribution in [0.3, 0.4) is 0 Å². The number of aryl methyl sites for hydroxylation is 2. The van der Waals surface area contributed by atoms with Crippen molar-refractivity contribution in [1.29, 1.82) is 0 Å². The molecule has 4 rings (SSSR count). The minimum atomic E-state index is 0.113. The van der Waals surface area contributed by atoms with Crippen molar-refractivity contribution >= 4 is 32.7 Å². The first kappa shape index (κ1) is 16.6. The second kappa shape index (κ2) is 6.83. The van der Waals surface area contributed by atoms with E-state index >= 15 is 0 Å². The zero-order valence-electron chi connectivity index (χ0n) is 15.0. The van der Waals surface area contributed by atoms with Crippen LogP contribution in [0.2, 0.25) is 0 Å².